The Bertz CT molecular complexity index is 1560. The van der Waals surface area contributed by atoms with Crippen LogP contribution in [0, 0.1) is 11.3 Å². The van der Waals surface area contributed by atoms with Crippen molar-refractivity contribution in [2.45, 2.75) is 31.9 Å². The molecule has 2 aromatic carbocycles. The first-order chi connectivity index (χ1) is 18.0. The first-order valence-electron chi connectivity index (χ1n) is 12.4. The van der Waals surface area contributed by atoms with Crippen molar-refractivity contribution in [3.8, 4) is 17.3 Å². The zero-order valence-electron chi connectivity index (χ0n) is 20.6. The molecule has 2 aromatic heterocycles. The fourth-order valence-electron chi connectivity index (χ4n) is 4.80. The van der Waals surface area contributed by atoms with Crippen molar-refractivity contribution in [2.75, 3.05) is 24.6 Å². The maximum absolute atomic E-state index is 12.9. The van der Waals surface area contributed by atoms with Gasteiger partial charge >= 0.3 is 0 Å². The Kier molecular flexibility index (Phi) is 5.78. The second kappa shape index (κ2) is 9.26. The highest BCUT2D eigenvalue weighted by Crippen LogP contribution is 2.32. The van der Waals surface area contributed by atoms with E-state index in [4.69, 9.17) is 9.72 Å². The Morgan fingerprint density at radius 2 is 2.03 bits per heavy atom. The van der Waals surface area contributed by atoms with Gasteiger partial charge in [0.05, 0.1) is 42.7 Å². The molecule has 0 bridgehead atoms. The number of fused-ring (bicyclic) bond motifs is 2. The van der Waals surface area contributed by atoms with Crippen LogP contribution in [0.4, 0.5) is 5.82 Å². The van der Waals surface area contributed by atoms with Crippen molar-refractivity contribution in [2.24, 2.45) is 0 Å². The summed E-state index contributed by atoms with van der Waals surface area (Å²) >= 11 is 0. The summed E-state index contributed by atoms with van der Waals surface area (Å²) in [6.07, 6.45) is 1.21. The molecule has 1 saturated heterocycles. The van der Waals surface area contributed by atoms with Gasteiger partial charge in [-0.3, -0.25) is 4.79 Å². The highest BCUT2D eigenvalue weighted by atomic mass is 16.5. The van der Waals surface area contributed by atoms with Crippen LogP contribution in [0.1, 0.15) is 40.5 Å². The van der Waals surface area contributed by atoms with E-state index in [1.54, 1.807) is 12.1 Å². The summed E-state index contributed by atoms with van der Waals surface area (Å²) in [5, 5.41) is 22.2. The number of amides is 1. The number of ether oxygens (including phenoxy) is 1. The summed E-state index contributed by atoms with van der Waals surface area (Å²) in [6.45, 7) is 4.94. The topological polar surface area (TPSA) is 104 Å². The number of nitrogens with one attached hydrogen (secondary N) is 1. The molecule has 2 aliphatic rings. The zero-order valence-corrected chi connectivity index (χ0v) is 20.6. The lowest BCUT2D eigenvalue weighted by Gasteiger charge is -2.32. The number of benzene rings is 2. The van der Waals surface area contributed by atoms with Crippen LogP contribution in [0.15, 0.2) is 60.7 Å². The largest absolute Gasteiger partial charge is 0.375 e. The van der Waals surface area contributed by atoms with Crippen LogP contribution in [0.25, 0.3) is 22.2 Å². The molecule has 8 heteroatoms. The number of anilines is 1. The molecule has 6 rings (SSSR count). The third kappa shape index (κ3) is 4.39. The van der Waals surface area contributed by atoms with E-state index in [9.17, 15) is 10.1 Å². The second-order valence-corrected chi connectivity index (χ2v) is 9.82. The molecule has 1 fully saturated rings. The van der Waals surface area contributed by atoms with Gasteiger partial charge in [0.15, 0.2) is 0 Å². The first kappa shape index (κ1) is 23.1. The lowest BCUT2D eigenvalue weighted by Crippen LogP contribution is -2.37. The number of rotatable bonds is 5. The molecule has 184 valence electrons. The van der Waals surface area contributed by atoms with Crippen molar-refractivity contribution in [1.82, 2.24) is 20.5 Å². The molecule has 1 atom stereocenters. The molecular formula is C29H26N6O2. The predicted molar refractivity (Wildman–Crippen MR) is 140 cm³/mol. The lowest BCUT2D eigenvalue weighted by atomic mass is 9.79. The Labute approximate surface area is 214 Å². The molecule has 0 aliphatic carbocycles. The minimum absolute atomic E-state index is 0.225. The molecular weight excluding hydrogens is 464 g/mol. The van der Waals surface area contributed by atoms with Gasteiger partial charge in [0.25, 0.3) is 5.91 Å². The van der Waals surface area contributed by atoms with Crippen molar-refractivity contribution >= 4 is 22.6 Å². The van der Waals surface area contributed by atoms with Crippen LogP contribution in [-0.4, -0.2) is 40.8 Å². The van der Waals surface area contributed by atoms with E-state index in [0.717, 1.165) is 52.2 Å². The average molecular weight is 491 g/mol. The summed E-state index contributed by atoms with van der Waals surface area (Å²) in [5.41, 5.74) is 4.89. The summed E-state index contributed by atoms with van der Waals surface area (Å²) in [5.74, 6) is 0.780. The molecule has 0 saturated carbocycles. The maximum Gasteiger partial charge on any atom is 0.251 e. The third-order valence-electron chi connectivity index (χ3n) is 7.14. The number of hydrogen-bond acceptors (Lipinski definition) is 7. The fourth-order valence-corrected chi connectivity index (χ4v) is 4.80. The summed E-state index contributed by atoms with van der Waals surface area (Å²) in [6, 6.07) is 21.8. The Hall–Kier alpha value is -4.35. The molecule has 4 aromatic rings. The van der Waals surface area contributed by atoms with Crippen LogP contribution in [-0.2, 0) is 23.3 Å². The summed E-state index contributed by atoms with van der Waals surface area (Å²) in [7, 11) is 0. The summed E-state index contributed by atoms with van der Waals surface area (Å²) in [4.78, 5) is 20.0. The molecule has 8 nitrogen and oxygen atoms in total. The maximum atomic E-state index is 12.9. The van der Waals surface area contributed by atoms with Gasteiger partial charge in [-0.25, -0.2) is 4.98 Å². The van der Waals surface area contributed by atoms with Gasteiger partial charge in [0.1, 0.15) is 11.2 Å². The number of nitriles is 1. The van der Waals surface area contributed by atoms with Crippen molar-refractivity contribution in [1.29, 1.82) is 5.26 Å². The van der Waals surface area contributed by atoms with Crippen LogP contribution in [0.3, 0.4) is 0 Å². The Balaban J connectivity index is 1.20. The van der Waals surface area contributed by atoms with Gasteiger partial charge < -0.3 is 15.0 Å². The van der Waals surface area contributed by atoms with Crippen LogP contribution in [0.5, 0.6) is 0 Å². The van der Waals surface area contributed by atoms with Crippen molar-refractivity contribution in [3.63, 3.8) is 0 Å². The van der Waals surface area contributed by atoms with Crippen LogP contribution in [0.2, 0.25) is 0 Å². The third-order valence-corrected chi connectivity index (χ3v) is 7.14. The number of carbonyl (C=O) groups excluding carboxylic acids is 1. The quantitative estimate of drug-likeness (QED) is 0.448. The molecule has 1 amide bonds. The first-order valence-corrected chi connectivity index (χ1v) is 12.4. The number of nitrogens with zero attached hydrogens (tertiary/aromatic N) is 5. The van der Waals surface area contributed by atoms with Gasteiger partial charge in [-0.2, -0.15) is 15.5 Å². The van der Waals surface area contributed by atoms with Crippen molar-refractivity contribution in [3.05, 3.63) is 83.0 Å². The molecule has 0 radical (unpaired) electrons. The van der Waals surface area contributed by atoms with E-state index < -0.39 is 5.41 Å². The van der Waals surface area contributed by atoms with E-state index in [-0.39, 0.29) is 12.5 Å². The van der Waals surface area contributed by atoms with Gasteiger partial charge in [-0.15, -0.1) is 0 Å². The second-order valence-electron chi connectivity index (χ2n) is 9.82. The number of hydrogen-bond donors (Lipinski definition) is 1. The number of pyridine rings is 1. The highest BCUT2D eigenvalue weighted by Gasteiger charge is 2.33. The smallest absolute Gasteiger partial charge is 0.251 e. The van der Waals surface area contributed by atoms with Crippen molar-refractivity contribution < 1.29 is 9.53 Å². The Morgan fingerprint density at radius 3 is 2.84 bits per heavy atom. The Morgan fingerprint density at radius 1 is 1.14 bits per heavy atom. The fraction of sp³-hybridized carbons (Fsp3) is 0.276. The van der Waals surface area contributed by atoms with Crippen LogP contribution < -0.4 is 10.2 Å². The van der Waals surface area contributed by atoms with E-state index in [0.29, 0.717) is 24.5 Å². The van der Waals surface area contributed by atoms with Gasteiger partial charge in [0.2, 0.25) is 0 Å². The van der Waals surface area contributed by atoms with Gasteiger partial charge in [-0.05, 0) is 66.9 Å². The van der Waals surface area contributed by atoms with Gasteiger partial charge in [-0.1, -0.05) is 18.2 Å². The summed E-state index contributed by atoms with van der Waals surface area (Å²) < 4.78 is 5.56. The average Bonchev–Trinajstić information content (AvgIpc) is 2.90. The molecule has 37 heavy (non-hydrogen) atoms. The zero-order chi connectivity index (χ0) is 25.4. The predicted octanol–water partition coefficient (Wildman–Crippen LogP) is 4.14. The van der Waals surface area contributed by atoms with E-state index in [1.165, 1.54) is 6.42 Å². The SMILES string of the molecule is C[C@@]1(C#N)COCc2ccc(C(=O)NCc3cc4cc(-c5cccc(N6CCC6)n5)ccc4nn3)cc21. The lowest BCUT2D eigenvalue weighted by molar-refractivity contribution is 0.0757. The van der Waals surface area contributed by atoms with Crippen LogP contribution >= 0.6 is 0 Å². The standard InChI is InChI=1S/C29H26N6O2/c1-29(17-30)18-37-16-21-7-6-20(14-24(21)29)28(36)31-15-23-13-22-12-19(8-9-26(22)34-33-23)25-4-2-5-27(32-25)35-10-3-11-35/h2,4-9,12-14H,3,10-11,15-16,18H2,1H3,(H,31,36)/t29-/m1/s1. The number of carbonyl (C=O) groups is 1. The molecule has 0 unspecified atom stereocenters. The molecule has 4 heterocycles. The molecule has 1 N–H and O–H groups in total. The van der Waals surface area contributed by atoms with E-state index >= 15 is 0 Å². The minimum atomic E-state index is -0.769. The van der Waals surface area contributed by atoms with E-state index in [1.807, 2.05) is 49.4 Å². The van der Waals surface area contributed by atoms with E-state index in [2.05, 4.69) is 32.5 Å². The molecule has 0 spiro atoms. The van der Waals surface area contributed by atoms with Gasteiger partial charge in [0, 0.05) is 29.6 Å². The minimum Gasteiger partial charge on any atom is -0.375 e. The normalized spacial score (nSPS) is 18.5. The monoisotopic (exact) mass is 490 g/mol. The molecule has 2 aliphatic heterocycles. The highest BCUT2D eigenvalue weighted by molar-refractivity contribution is 5.94. The number of aromatic nitrogens is 3.